The largest absolute Gasteiger partial charge is 0.496 e. The molecule has 0 aliphatic heterocycles. The van der Waals surface area contributed by atoms with E-state index in [9.17, 15) is 22.8 Å². The Morgan fingerprint density at radius 3 is 2.38 bits per heavy atom. The molecule has 8 heteroatoms. The smallest absolute Gasteiger partial charge is 0.471 e. The lowest BCUT2D eigenvalue weighted by molar-refractivity contribution is -0.167. The lowest BCUT2D eigenvalue weighted by atomic mass is 10.1. The summed E-state index contributed by atoms with van der Waals surface area (Å²) in [6.07, 6.45) is -5.02. The summed E-state index contributed by atoms with van der Waals surface area (Å²) in [5.41, 5.74) is -0.0362. The van der Waals surface area contributed by atoms with Crippen molar-refractivity contribution >= 4 is 17.6 Å². The quantitative estimate of drug-likeness (QED) is 0.869. The highest BCUT2D eigenvalue weighted by Crippen LogP contribution is 2.30. The van der Waals surface area contributed by atoms with Gasteiger partial charge in [-0.1, -0.05) is 0 Å². The minimum Gasteiger partial charge on any atom is -0.496 e. The number of carbonyl (C=O) groups excluding carboxylic acids is 2. The molecule has 116 valence electrons. The van der Waals surface area contributed by atoms with Crippen molar-refractivity contribution in [3.05, 3.63) is 23.3 Å². The van der Waals surface area contributed by atoms with Gasteiger partial charge in [0.05, 0.1) is 13.7 Å². The number of amides is 1. The molecule has 1 amide bonds. The summed E-state index contributed by atoms with van der Waals surface area (Å²) in [6.45, 7) is 3.08. The number of esters is 1. The summed E-state index contributed by atoms with van der Waals surface area (Å²) in [7, 11) is 1.31. The van der Waals surface area contributed by atoms with E-state index >= 15 is 0 Å². The normalized spacial score (nSPS) is 11.0. The number of anilines is 1. The van der Waals surface area contributed by atoms with E-state index in [1.807, 2.05) is 0 Å². The van der Waals surface area contributed by atoms with Gasteiger partial charge >= 0.3 is 18.1 Å². The molecule has 0 bridgehead atoms. The molecule has 21 heavy (non-hydrogen) atoms. The third-order valence-electron chi connectivity index (χ3n) is 2.63. The monoisotopic (exact) mass is 305 g/mol. The van der Waals surface area contributed by atoms with Crippen molar-refractivity contribution in [1.29, 1.82) is 0 Å². The molecule has 0 saturated heterocycles. The Hall–Kier alpha value is -2.25. The fourth-order valence-electron chi connectivity index (χ4n) is 1.64. The molecule has 1 aromatic rings. The molecule has 0 radical (unpaired) electrons. The van der Waals surface area contributed by atoms with Crippen LogP contribution in [0.15, 0.2) is 12.1 Å². The van der Waals surface area contributed by atoms with E-state index in [2.05, 4.69) is 0 Å². The van der Waals surface area contributed by atoms with Gasteiger partial charge in [0.15, 0.2) is 0 Å². The number of benzene rings is 1. The second-order valence-electron chi connectivity index (χ2n) is 3.99. The van der Waals surface area contributed by atoms with Crippen molar-refractivity contribution in [2.75, 3.05) is 19.0 Å². The number of hydrogen-bond acceptors (Lipinski definition) is 4. The van der Waals surface area contributed by atoms with Gasteiger partial charge in [-0.3, -0.25) is 4.79 Å². The third-order valence-corrected chi connectivity index (χ3v) is 2.63. The highest BCUT2D eigenvalue weighted by molar-refractivity contribution is 6.00. The maximum atomic E-state index is 12.3. The van der Waals surface area contributed by atoms with Gasteiger partial charge in [0, 0.05) is 5.69 Å². The maximum absolute atomic E-state index is 12.3. The first kappa shape index (κ1) is 16.8. The number of methoxy groups -OCH3 is 1. The second kappa shape index (κ2) is 6.47. The minimum atomic E-state index is -5.02. The van der Waals surface area contributed by atoms with E-state index in [0.29, 0.717) is 0 Å². The Morgan fingerprint density at radius 2 is 1.90 bits per heavy atom. The molecule has 0 spiro atoms. The first-order valence-electron chi connectivity index (χ1n) is 5.95. The summed E-state index contributed by atoms with van der Waals surface area (Å²) < 4.78 is 46.6. The third kappa shape index (κ3) is 3.87. The number of ether oxygens (including phenoxy) is 2. The van der Waals surface area contributed by atoms with Crippen LogP contribution in [0.4, 0.5) is 18.9 Å². The van der Waals surface area contributed by atoms with Crippen LogP contribution in [0.25, 0.3) is 0 Å². The van der Waals surface area contributed by atoms with Crippen molar-refractivity contribution in [3.63, 3.8) is 0 Å². The van der Waals surface area contributed by atoms with E-state index in [1.54, 1.807) is 12.2 Å². The highest BCUT2D eigenvalue weighted by atomic mass is 19.4. The highest BCUT2D eigenvalue weighted by Gasteiger charge is 2.39. The number of nitrogens with one attached hydrogen (secondary N) is 1. The molecular weight excluding hydrogens is 291 g/mol. The van der Waals surface area contributed by atoms with Crippen LogP contribution in [0.5, 0.6) is 5.75 Å². The zero-order valence-electron chi connectivity index (χ0n) is 11.6. The summed E-state index contributed by atoms with van der Waals surface area (Å²) in [6, 6.07) is 2.51. The Kier molecular flexibility index (Phi) is 5.17. The molecular formula is C13H14F3NO4. The number of carbonyl (C=O) groups is 2. The van der Waals surface area contributed by atoms with Crippen molar-refractivity contribution in [3.8, 4) is 5.75 Å². The molecule has 0 aliphatic carbocycles. The van der Waals surface area contributed by atoms with Crippen LogP contribution >= 0.6 is 0 Å². The van der Waals surface area contributed by atoms with Gasteiger partial charge in [-0.25, -0.2) is 4.79 Å². The van der Waals surface area contributed by atoms with Gasteiger partial charge in [-0.2, -0.15) is 13.2 Å². The van der Waals surface area contributed by atoms with Crippen LogP contribution in [0.1, 0.15) is 22.8 Å². The Bertz CT molecular complexity index is 555. The van der Waals surface area contributed by atoms with Crippen LogP contribution in [-0.4, -0.2) is 31.8 Å². The van der Waals surface area contributed by atoms with Crippen LogP contribution in [0.3, 0.4) is 0 Å². The molecule has 1 N–H and O–H groups in total. The Balaban J connectivity index is 3.23. The van der Waals surface area contributed by atoms with E-state index < -0.39 is 18.1 Å². The zero-order valence-corrected chi connectivity index (χ0v) is 11.6. The van der Waals surface area contributed by atoms with Crippen molar-refractivity contribution < 1.29 is 32.2 Å². The second-order valence-corrected chi connectivity index (χ2v) is 3.99. The fourth-order valence-corrected chi connectivity index (χ4v) is 1.64. The van der Waals surface area contributed by atoms with Gasteiger partial charge in [-0.15, -0.1) is 0 Å². The molecule has 0 unspecified atom stereocenters. The van der Waals surface area contributed by atoms with Gasteiger partial charge in [-0.05, 0) is 31.5 Å². The molecule has 0 heterocycles. The average Bonchev–Trinajstić information content (AvgIpc) is 2.39. The molecule has 0 aromatic heterocycles. The summed E-state index contributed by atoms with van der Waals surface area (Å²) in [5, 5.41) is 1.71. The minimum absolute atomic E-state index is 0.0284. The van der Waals surface area contributed by atoms with Crippen LogP contribution in [0.2, 0.25) is 0 Å². The fraction of sp³-hybridized carbons (Fsp3) is 0.385. The van der Waals surface area contributed by atoms with Gasteiger partial charge in [0.25, 0.3) is 0 Å². The summed E-state index contributed by atoms with van der Waals surface area (Å²) >= 11 is 0. The Labute approximate surface area is 119 Å². The van der Waals surface area contributed by atoms with Gasteiger partial charge in [0.1, 0.15) is 11.3 Å². The topological polar surface area (TPSA) is 64.6 Å². The first-order valence-corrected chi connectivity index (χ1v) is 5.95. The average molecular weight is 305 g/mol. The first-order chi connectivity index (χ1) is 9.72. The lowest BCUT2D eigenvalue weighted by Gasteiger charge is -2.15. The SMILES string of the molecule is CCOC(=O)c1c(OC)ccc(NC(=O)C(F)(F)F)c1C. The van der Waals surface area contributed by atoms with E-state index in [-0.39, 0.29) is 29.2 Å². The summed E-state index contributed by atoms with van der Waals surface area (Å²) in [4.78, 5) is 22.8. The molecule has 5 nitrogen and oxygen atoms in total. The molecule has 1 aromatic carbocycles. The number of hydrogen-bond donors (Lipinski definition) is 1. The zero-order chi connectivity index (χ0) is 16.2. The summed E-state index contributed by atoms with van der Waals surface area (Å²) in [5.74, 6) is -2.71. The van der Waals surface area contributed by atoms with Gasteiger partial charge < -0.3 is 14.8 Å². The van der Waals surface area contributed by atoms with Gasteiger partial charge in [0.2, 0.25) is 0 Å². The molecule has 0 fully saturated rings. The van der Waals surface area contributed by atoms with Crippen LogP contribution in [0, 0.1) is 6.92 Å². The lowest BCUT2D eigenvalue weighted by Crippen LogP contribution is -2.30. The van der Waals surface area contributed by atoms with Crippen molar-refractivity contribution in [2.45, 2.75) is 20.0 Å². The van der Waals surface area contributed by atoms with Crippen LogP contribution in [-0.2, 0) is 9.53 Å². The standard InChI is InChI=1S/C13H14F3NO4/c1-4-21-11(18)10-7(2)8(5-6-9(10)20-3)17-12(19)13(14,15)16/h5-6H,4H2,1-3H3,(H,17,19). The number of rotatable bonds is 4. The number of halogens is 3. The predicted octanol–water partition coefficient (Wildman–Crippen LogP) is 2.68. The molecule has 0 atom stereocenters. The maximum Gasteiger partial charge on any atom is 0.471 e. The Morgan fingerprint density at radius 1 is 1.29 bits per heavy atom. The van der Waals surface area contributed by atoms with Crippen LogP contribution < -0.4 is 10.1 Å². The molecule has 1 rings (SSSR count). The molecule has 0 aliphatic rings. The predicted molar refractivity (Wildman–Crippen MR) is 68.4 cm³/mol. The van der Waals surface area contributed by atoms with Crippen molar-refractivity contribution in [2.24, 2.45) is 0 Å². The molecule has 0 saturated carbocycles. The van der Waals surface area contributed by atoms with E-state index in [1.165, 1.54) is 26.2 Å². The van der Waals surface area contributed by atoms with E-state index in [0.717, 1.165) is 0 Å². The van der Waals surface area contributed by atoms with Crippen molar-refractivity contribution in [1.82, 2.24) is 0 Å². The number of alkyl halides is 3. The van der Waals surface area contributed by atoms with E-state index in [4.69, 9.17) is 9.47 Å².